The number of carbonyl (C=O) groups excluding carboxylic acids is 2. The van der Waals surface area contributed by atoms with Crippen molar-refractivity contribution in [3.05, 3.63) is 80.5 Å². The molecule has 0 radical (unpaired) electrons. The van der Waals surface area contributed by atoms with Crippen LogP contribution in [0.3, 0.4) is 0 Å². The summed E-state index contributed by atoms with van der Waals surface area (Å²) in [7, 11) is 0. The summed E-state index contributed by atoms with van der Waals surface area (Å²) in [6.45, 7) is 0. The lowest BCUT2D eigenvalue weighted by Gasteiger charge is -2.14. The molecular formula is C23H21N5O6S2. The minimum atomic E-state index is -1.13. The van der Waals surface area contributed by atoms with E-state index in [1.165, 1.54) is 36.0 Å². The molecule has 2 amide bonds. The number of anilines is 1. The molecule has 1 aromatic heterocycles. The second kappa shape index (κ2) is 10.7. The van der Waals surface area contributed by atoms with Gasteiger partial charge in [0.25, 0.3) is 5.56 Å². The number of H-pyrrole nitrogens is 2. The van der Waals surface area contributed by atoms with Crippen LogP contribution in [0.5, 0.6) is 11.6 Å². The number of aromatic nitrogens is 2. The van der Waals surface area contributed by atoms with Crippen LogP contribution in [0.4, 0.5) is 5.69 Å². The molecule has 3 aromatic rings. The number of thioether (sulfide) groups is 2. The Morgan fingerprint density at radius 2 is 1.89 bits per heavy atom. The van der Waals surface area contributed by atoms with E-state index in [1.54, 1.807) is 6.07 Å². The second-order valence-corrected chi connectivity index (χ2v) is 9.75. The average molecular weight is 528 g/mol. The molecule has 0 saturated carbocycles. The zero-order valence-corrected chi connectivity index (χ0v) is 20.4. The molecule has 1 saturated heterocycles. The van der Waals surface area contributed by atoms with Gasteiger partial charge in [-0.15, -0.1) is 11.8 Å². The van der Waals surface area contributed by atoms with Gasteiger partial charge in [0.15, 0.2) is 5.17 Å². The molecule has 1 fully saturated rings. The van der Waals surface area contributed by atoms with Crippen LogP contribution in [0.1, 0.15) is 23.6 Å². The lowest BCUT2D eigenvalue weighted by atomic mass is 10.0. The molecule has 2 heterocycles. The summed E-state index contributed by atoms with van der Waals surface area (Å²) in [5.41, 5.74) is -0.993. The van der Waals surface area contributed by atoms with E-state index in [-0.39, 0.29) is 28.8 Å². The van der Waals surface area contributed by atoms with Crippen molar-refractivity contribution >= 4 is 46.2 Å². The minimum Gasteiger partial charge on any atom is -0.508 e. The Bertz CT molecular complexity index is 1450. The van der Waals surface area contributed by atoms with Crippen LogP contribution in [0.15, 0.2) is 68.0 Å². The number of aliphatic imine (C=N–C) groups is 1. The average Bonchev–Trinajstić information content (AvgIpc) is 3.16. The summed E-state index contributed by atoms with van der Waals surface area (Å²) in [4.78, 5) is 58.7. The summed E-state index contributed by atoms with van der Waals surface area (Å²) in [5, 5.41) is 24.7. The quantitative estimate of drug-likeness (QED) is 0.252. The van der Waals surface area contributed by atoms with Crippen molar-refractivity contribution in [2.24, 2.45) is 4.99 Å². The fourth-order valence-corrected chi connectivity index (χ4v) is 4.95. The predicted octanol–water partition coefficient (Wildman–Crippen LogP) is 1.90. The number of nitrogens with one attached hydrogen (secondary N) is 4. The molecule has 1 aliphatic rings. The number of phenols is 1. The van der Waals surface area contributed by atoms with Crippen molar-refractivity contribution in [3.63, 3.8) is 0 Å². The molecule has 4 rings (SSSR count). The van der Waals surface area contributed by atoms with Gasteiger partial charge in [-0.2, -0.15) is 0 Å². The van der Waals surface area contributed by atoms with Gasteiger partial charge in [0.1, 0.15) is 22.6 Å². The standard InChI is InChI=1S/C23H21N5O6S2/c1-35-14-4-2-3-12(9-14)24-16(30)10-15-19(31)28-23(36-15)25-18(11-5-7-13(29)8-6-11)17-20(32)26-22(34)27-21(17)33/h2-9,15,18,29H,10H2,1H3,(H,24,30)(H,25,28,31)(H3,26,27,32,33,34)/t15-,18+/m0/s1. The van der Waals surface area contributed by atoms with Gasteiger partial charge in [0.05, 0.1) is 0 Å². The number of hydrogen-bond acceptors (Lipinski definition) is 9. The maximum Gasteiger partial charge on any atom is 0.328 e. The molecule has 36 heavy (non-hydrogen) atoms. The maximum absolute atomic E-state index is 12.6. The van der Waals surface area contributed by atoms with Crippen LogP contribution in [0.25, 0.3) is 0 Å². The molecular weight excluding hydrogens is 506 g/mol. The predicted molar refractivity (Wildman–Crippen MR) is 138 cm³/mol. The number of benzene rings is 2. The molecule has 186 valence electrons. The lowest BCUT2D eigenvalue weighted by Crippen LogP contribution is -2.29. The first-order valence-electron chi connectivity index (χ1n) is 10.6. The van der Waals surface area contributed by atoms with Gasteiger partial charge in [-0.25, -0.2) is 9.79 Å². The summed E-state index contributed by atoms with van der Waals surface area (Å²) in [6.07, 6.45) is 1.81. The highest BCUT2D eigenvalue weighted by atomic mass is 32.2. The first-order valence-corrected chi connectivity index (χ1v) is 12.7. The SMILES string of the molecule is CSc1cccc(NC(=O)C[C@@H]2SC(=N[C@H](c3ccc(O)cc3)c3c(O)[nH]c(=O)[nH]c3=O)NC2=O)c1. The molecule has 0 aliphatic carbocycles. The first kappa shape index (κ1) is 25.1. The van der Waals surface area contributed by atoms with E-state index in [2.05, 4.69) is 20.6 Å². The molecule has 1 aliphatic heterocycles. The van der Waals surface area contributed by atoms with Crippen molar-refractivity contribution in [1.82, 2.24) is 15.3 Å². The lowest BCUT2D eigenvalue weighted by molar-refractivity contribution is -0.122. The summed E-state index contributed by atoms with van der Waals surface area (Å²) < 4.78 is 0. The van der Waals surface area contributed by atoms with Crippen LogP contribution < -0.4 is 21.9 Å². The Kier molecular flexibility index (Phi) is 7.50. The van der Waals surface area contributed by atoms with Crippen molar-refractivity contribution < 1.29 is 19.8 Å². The minimum absolute atomic E-state index is 0.0255. The van der Waals surface area contributed by atoms with E-state index < -0.39 is 34.3 Å². The van der Waals surface area contributed by atoms with E-state index >= 15 is 0 Å². The largest absolute Gasteiger partial charge is 0.508 e. The number of amides is 2. The van der Waals surface area contributed by atoms with Gasteiger partial charge in [-0.05, 0) is 42.2 Å². The van der Waals surface area contributed by atoms with Gasteiger partial charge >= 0.3 is 5.69 Å². The number of aromatic hydroxyl groups is 2. The van der Waals surface area contributed by atoms with Crippen molar-refractivity contribution in [2.75, 3.05) is 11.6 Å². The van der Waals surface area contributed by atoms with Gasteiger partial charge < -0.3 is 20.8 Å². The summed E-state index contributed by atoms with van der Waals surface area (Å²) >= 11 is 2.55. The van der Waals surface area contributed by atoms with Crippen molar-refractivity contribution in [3.8, 4) is 11.6 Å². The molecule has 0 unspecified atom stereocenters. The number of carbonyl (C=O) groups is 2. The molecule has 0 spiro atoms. The molecule has 2 aromatic carbocycles. The summed E-state index contributed by atoms with van der Waals surface area (Å²) in [6, 6.07) is 11.9. The van der Waals surface area contributed by atoms with Gasteiger partial charge in [0.2, 0.25) is 17.7 Å². The number of phenolic OH excluding ortho intramolecular Hbond substituents is 1. The van der Waals surface area contributed by atoms with E-state index in [1.807, 2.05) is 29.4 Å². The van der Waals surface area contributed by atoms with E-state index in [9.17, 15) is 29.4 Å². The Balaban J connectivity index is 1.57. The van der Waals surface area contributed by atoms with E-state index in [0.717, 1.165) is 16.7 Å². The highest BCUT2D eigenvalue weighted by Gasteiger charge is 2.33. The topological polar surface area (TPSA) is 177 Å². The number of rotatable bonds is 7. The maximum atomic E-state index is 12.6. The van der Waals surface area contributed by atoms with Gasteiger partial charge in [-0.1, -0.05) is 30.0 Å². The monoisotopic (exact) mass is 527 g/mol. The fraction of sp³-hybridized carbons (Fsp3) is 0.174. The van der Waals surface area contributed by atoms with Crippen molar-refractivity contribution in [1.29, 1.82) is 0 Å². The first-order chi connectivity index (χ1) is 17.2. The molecule has 6 N–H and O–H groups in total. The highest BCUT2D eigenvalue weighted by molar-refractivity contribution is 8.15. The third kappa shape index (κ3) is 5.80. The number of amidine groups is 1. The van der Waals surface area contributed by atoms with Crippen LogP contribution >= 0.6 is 23.5 Å². The van der Waals surface area contributed by atoms with Crippen LogP contribution in [-0.2, 0) is 9.59 Å². The van der Waals surface area contributed by atoms with E-state index in [0.29, 0.717) is 11.3 Å². The van der Waals surface area contributed by atoms with E-state index in [4.69, 9.17) is 0 Å². The highest BCUT2D eigenvalue weighted by Crippen LogP contribution is 2.32. The van der Waals surface area contributed by atoms with Gasteiger partial charge in [-0.3, -0.25) is 24.4 Å². The van der Waals surface area contributed by atoms with Crippen molar-refractivity contribution in [2.45, 2.75) is 22.6 Å². The Labute approximate surface area is 212 Å². The molecule has 0 bridgehead atoms. The zero-order chi connectivity index (χ0) is 25.8. The zero-order valence-electron chi connectivity index (χ0n) is 18.8. The smallest absolute Gasteiger partial charge is 0.328 e. The number of nitrogens with zero attached hydrogens (tertiary/aromatic N) is 1. The normalized spacial score (nSPS) is 17.1. The second-order valence-electron chi connectivity index (χ2n) is 7.68. The number of hydrogen-bond donors (Lipinski definition) is 6. The fourth-order valence-electron chi connectivity index (χ4n) is 3.50. The third-order valence-corrected chi connectivity index (χ3v) is 7.01. The van der Waals surface area contributed by atoms with Gasteiger partial charge in [0, 0.05) is 17.0 Å². The number of aromatic amines is 2. The Hall–Kier alpha value is -3.97. The van der Waals surface area contributed by atoms with Crippen LogP contribution in [0.2, 0.25) is 0 Å². The third-order valence-electron chi connectivity index (χ3n) is 5.19. The Morgan fingerprint density at radius 1 is 1.14 bits per heavy atom. The summed E-state index contributed by atoms with van der Waals surface area (Å²) in [5.74, 6) is -1.49. The Morgan fingerprint density at radius 3 is 2.58 bits per heavy atom. The van der Waals surface area contributed by atoms with Crippen LogP contribution in [-0.4, -0.2) is 48.7 Å². The molecule has 13 heteroatoms. The van der Waals surface area contributed by atoms with Crippen LogP contribution in [0, 0.1) is 0 Å². The molecule has 11 nitrogen and oxygen atoms in total. The molecule has 2 atom stereocenters.